The van der Waals surface area contributed by atoms with E-state index in [4.69, 9.17) is 9.72 Å². The van der Waals surface area contributed by atoms with Gasteiger partial charge in [0.2, 0.25) is 0 Å². The molecule has 0 bridgehead atoms. The highest BCUT2D eigenvalue weighted by Gasteiger charge is 2.25. The first-order chi connectivity index (χ1) is 14.6. The van der Waals surface area contributed by atoms with E-state index in [2.05, 4.69) is 10.3 Å². The van der Waals surface area contributed by atoms with Gasteiger partial charge >= 0.3 is 5.97 Å². The number of carbonyl (C=O) groups excluding carboxylic acids is 2. The summed E-state index contributed by atoms with van der Waals surface area (Å²) in [7, 11) is 1.31. The zero-order chi connectivity index (χ0) is 21.1. The molecular weight excluding hydrogens is 402 g/mol. The van der Waals surface area contributed by atoms with Gasteiger partial charge in [0.25, 0.3) is 5.91 Å². The van der Waals surface area contributed by atoms with Crippen LogP contribution >= 0.6 is 11.3 Å². The summed E-state index contributed by atoms with van der Waals surface area (Å²) < 4.78 is 5.81. The number of methoxy groups -OCH3 is 1. The smallest absolute Gasteiger partial charge is 0.340 e. The number of aliphatic hydroxyl groups excluding tert-OH is 1. The maximum absolute atomic E-state index is 12.6. The van der Waals surface area contributed by atoms with E-state index in [0.717, 1.165) is 40.9 Å². The minimum absolute atomic E-state index is 0.244. The topological polar surface area (TPSA) is 101 Å². The van der Waals surface area contributed by atoms with Crippen LogP contribution in [0.4, 0.5) is 5.69 Å². The van der Waals surface area contributed by atoms with Crippen molar-refractivity contribution in [2.45, 2.75) is 31.6 Å². The predicted octanol–water partition coefficient (Wildman–Crippen LogP) is 4.00. The quantitative estimate of drug-likeness (QED) is 0.599. The zero-order valence-electron chi connectivity index (χ0n) is 16.6. The van der Waals surface area contributed by atoms with Crippen molar-refractivity contribution in [2.24, 2.45) is 5.92 Å². The van der Waals surface area contributed by atoms with Crippen molar-refractivity contribution in [3.8, 4) is 0 Å². The number of thiazole rings is 1. The van der Waals surface area contributed by atoms with E-state index >= 15 is 0 Å². The Morgan fingerprint density at radius 1 is 1.23 bits per heavy atom. The van der Waals surface area contributed by atoms with Gasteiger partial charge in [0.15, 0.2) is 0 Å². The number of esters is 1. The average molecular weight is 426 g/mol. The minimum atomic E-state index is -0.536. The minimum Gasteiger partial charge on any atom is -0.465 e. The number of aliphatic hydroxyl groups is 1. The first-order valence-electron chi connectivity index (χ1n) is 9.95. The molecule has 8 heteroatoms. The molecular formula is C22H23N3O4S. The molecule has 3 aromatic rings. The predicted molar refractivity (Wildman–Crippen MR) is 115 cm³/mol. The lowest BCUT2D eigenvalue weighted by molar-refractivity contribution is 0.0602. The number of hydrogen-bond donors (Lipinski definition) is 2. The first-order valence-corrected chi connectivity index (χ1v) is 10.8. The first kappa shape index (κ1) is 20.4. The van der Waals surface area contributed by atoms with Gasteiger partial charge in [0.1, 0.15) is 5.69 Å². The van der Waals surface area contributed by atoms with Gasteiger partial charge in [-0.25, -0.2) is 9.78 Å². The van der Waals surface area contributed by atoms with Crippen molar-refractivity contribution < 1.29 is 19.4 Å². The number of pyridine rings is 1. The molecule has 7 nitrogen and oxygen atoms in total. The van der Waals surface area contributed by atoms with E-state index < -0.39 is 11.9 Å². The SMILES string of the molecule is COC(=O)c1cc2nc(C3CCC(CO)CC3)sc2cc1NC(=O)c1ccccn1. The van der Waals surface area contributed by atoms with Crippen LogP contribution < -0.4 is 5.32 Å². The maximum Gasteiger partial charge on any atom is 0.340 e. The molecule has 2 aromatic heterocycles. The molecule has 4 rings (SSSR count). The number of rotatable bonds is 5. The van der Waals surface area contributed by atoms with Gasteiger partial charge in [0, 0.05) is 18.7 Å². The lowest BCUT2D eigenvalue weighted by atomic mass is 9.83. The zero-order valence-corrected chi connectivity index (χ0v) is 17.4. The van der Waals surface area contributed by atoms with E-state index in [1.807, 2.05) is 0 Å². The fourth-order valence-electron chi connectivity index (χ4n) is 3.82. The Kier molecular flexibility index (Phi) is 6.06. The number of ether oxygens (including phenoxy) is 1. The molecule has 156 valence electrons. The van der Waals surface area contributed by atoms with Crippen LogP contribution in [-0.2, 0) is 4.74 Å². The van der Waals surface area contributed by atoms with Crippen molar-refractivity contribution in [3.05, 3.63) is 52.8 Å². The molecule has 2 heterocycles. The van der Waals surface area contributed by atoms with E-state index in [0.29, 0.717) is 17.5 Å². The highest BCUT2D eigenvalue weighted by atomic mass is 32.1. The van der Waals surface area contributed by atoms with Crippen molar-refractivity contribution in [1.82, 2.24) is 9.97 Å². The van der Waals surface area contributed by atoms with Crippen LogP contribution in [-0.4, -0.2) is 40.7 Å². The van der Waals surface area contributed by atoms with Crippen molar-refractivity contribution in [1.29, 1.82) is 0 Å². The van der Waals surface area contributed by atoms with Crippen molar-refractivity contribution >= 4 is 39.1 Å². The van der Waals surface area contributed by atoms with Gasteiger partial charge in [-0.05, 0) is 55.9 Å². The molecule has 1 fully saturated rings. The highest BCUT2D eigenvalue weighted by Crippen LogP contribution is 2.40. The van der Waals surface area contributed by atoms with Crippen LogP contribution in [0.2, 0.25) is 0 Å². The van der Waals surface area contributed by atoms with Crippen molar-refractivity contribution in [3.63, 3.8) is 0 Å². The molecule has 30 heavy (non-hydrogen) atoms. The molecule has 0 radical (unpaired) electrons. The van der Waals surface area contributed by atoms with Crippen LogP contribution in [0.15, 0.2) is 36.5 Å². The van der Waals surface area contributed by atoms with E-state index in [1.54, 1.807) is 47.9 Å². The number of benzene rings is 1. The normalized spacial score (nSPS) is 18.9. The molecule has 1 saturated carbocycles. The summed E-state index contributed by atoms with van der Waals surface area (Å²) in [5, 5.41) is 13.2. The van der Waals surface area contributed by atoms with Gasteiger partial charge in [-0.3, -0.25) is 9.78 Å². The maximum atomic E-state index is 12.6. The van der Waals surface area contributed by atoms with Crippen LogP contribution in [0.25, 0.3) is 10.2 Å². The average Bonchev–Trinajstić information content (AvgIpc) is 3.21. The van der Waals surface area contributed by atoms with Gasteiger partial charge in [0.05, 0.1) is 33.6 Å². The lowest BCUT2D eigenvalue weighted by Gasteiger charge is -2.25. The molecule has 0 unspecified atom stereocenters. The molecule has 0 spiro atoms. The van der Waals surface area contributed by atoms with Gasteiger partial charge < -0.3 is 15.2 Å². The highest BCUT2D eigenvalue weighted by molar-refractivity contribution is 7.18. The Balaban J connectivity index is 1.65. The van der Waals surface area contributed by atoms with Crippen LogP contribution in [0, 0.1) is 5.92 Å². The molecule has 1 aliphatic rings. The number of nitrogens with one attached hydrogen (secondary N) is 1. The third kappa shape index (κ3) is 4.20. The Hall–Kier alpha value is -2.84. The third-order valence-electron chi connectivity index (χ3n) is 5.55. The number of fused-ring (bicyclic) bond motifs is 1. The Morgan fingerprint density at radius 3 is 2.70 bits per heavy atom. The molecule has 0 saturated heterocycles. The second-order valence-electron chi connectivity index (χ2n) is 7.48. The number of nitrogens with zero attached hydrogens (tertiary/aromatic N) is 2. The summed E-state index contributed by atoms with van der Waals surface area (Å²) in [4.78, 5) is 33.7. The molecule has 0 atom stereocenters. The standard InChI is InChI=1S/C22H23N3O4S/c1-29-22(28)15-10-18-19(11-17(15)24-20(27)16-4-2-3-9-23-16)30-21(25-18)14-7-5-13(12-26)6-8-14/h2-4,9-11,13-14,26H,5-8,12H2,1H3,(H,24,27). The fraction of sp³-hybridized carbons (Fsp3) is 0.364. The van der Waals surface area contributed by atoms with Gasteiger partial charge in [-0.1, -0.05) is 6.07 Å². The second kappa shape index (κ2) is 8.89. The summed E-state index contributed by atoms with van der Waals surface area (Å²) in [6.07, 6.45) is 5.53. The number of anilines is 1. The van der Waals surface area contributed by atoms with Crippen LogP contribution in [0.5, 0.6) is 0 Å². The summed E-state index contributed by atoms with van der Waals surface area (Å²) in [5.74, 6) is -0.188. The van der Waals surface area contributed by atoms with E-state index in [-0.39, 0.29) is 17.9 Å². The third-order valence-corrected chi connectivity index (χ3v) is 6.73. The monoisotopic (exact) mass is 425 g/mol. The fourth-order valence-corrected chi connectivity index (χ4v) is 4.98. The second-order valence-corrected chi connectivity index (χ2v) is 8.54. The molecule has 1 aliphatic carbocycles. The lowest BCUT2D eigenvalue weighted by Crippen LogP contribution is -2.16. The van der Waals surface area contributed by atoms with Crippen LogP contribution in [0.1, 0.15) is 57.5 Å². The summed E-state index contributed by atoms with van der Waals surface area (Å²) in [5.41, 5.74) is 1.62. The van der Waals surface area contributed by atoms with E-state index in [9.17, 15) is 14.7 Å². The molecule has 1 amide bonds. The van der Waals surface area contributed by atoms with Gasteiger partial charge in [-0.15, -0.1) is 11.3 Å². The van der Waals surface area contributed by atoms with Crippen molar-refractivity contribution in [2.75, 3.05) is 19.0 Å². The Morgan fingerprint density at radius 2 is 2.03 bits per heavy atom. The summed E-state index contributed by atoms with van der Waals surface area (Å²) in [6, 6.07) is 8.53. The van der Waals surface area contributed by atoms with Crippen LogP contribution in [0.3, 0.4) is 0 Å². The van der Waals surface area contributed by atoms with Gasteiger partial charge in [-0.2, -0.15) is 0 Å². The molecule has 1 aromatic carbocycles. The summed E-state index contributed by atoms with van der Waals surface area (Å²) in [6.45, 7) is 0.244. The number of aromatic nitrogens is 2. The number of amides is 1. The molecule has 2 N–H and O–H groups in total. The van der Waals surface area contributed by atoms with E-state index in [1.165, 1.54) is 7.11 Å². The number of hydrogen-bond acceptors (Lipinski definition) is 7. The number of carbonyl (C=O) groups is 2. The largest absolute Gasteiger partial charge is 0.465 e. The Bertz CT molecular complexity index is 1060. The molecule has 0 aliphatic heterocycles. The summed E-state index contributed by atoms with van der Waals surface area (Å²) >= 11 is 1.59. The Labute approximate surface area is 178 Å².